The summed E-state index contributed by atoms with van der Waals surface area (Å²) in [6.45, 7) is 1.86. The molecule has 0 saturated heterocycles. The van der Waals surface area contributed by atoms with Gasteiger partial charge in [-0.25, -0.2) is 21.9 Å². The average molecular weight is 323 g/mol. The number of nitrogens with zero attached hydrogens (tertiary/aromatic N) is 1. The predicted molar refractivity (Wildman–Crippen MR) is 81.4 cm³/mol. The summed E-state index contributed by atoms with van der Waals surface area (Å²) in [6, 6.07) is 9.97. The Morgan fingerprint density at radius 3 is 2.27 bits per heavy atom. The molecule has 0 aliphatic heterocycles. The number of thiol groups is 1. The lowest BCUT2D eigenvalue weighted by Gasteiger charge is -2.18. The zero-order valence-electron chi connectivity index (χ0n) is 11.9. The maximum Gasteiger partial charge on any atom is 0.338 e. The molecule has 5 nitrogen and oxygen atoms in total. The predicted octanol–water partition coefficient (Wildman–Crippen LogP) is 2.59. The molecule has 0 spiro atoms. The first-order valence-corrected chi connectivity index (χ1v) is 7.45. The number of methoxy groups -OCH3 is 1. The molecule has 0 unspecified atom stereocenters. The molecule has 0 fully saturated rings. The van der Waals surface area contributed by atoms with Crippen LogP contribution in [-0.2, 0) is 15.6 Å². The number of carbonyl (C=O) groups excluding carboxylic acids is 1. The standard InChI is InChI=1S/C15H14FNO4S/c1-10-3-5-13(6-4-10)17(22(19)20)14-8-11(15(18)21-2)7-12(16)9-14/h3-9,22H,1-2H3. The number of carbonyl (C=O) groups is 1. The Labute approximate surface area is 129 Å². The first kappa shape index (κ1) is 16.0. The van der Waals surface area contributed by atoms with Crippen LogP contribution in [0.2, 0.25) is 0 Å². The molecule has 22 heavy (non-hydrogen) atoms. The minimum atomic E-state index is -3.06. The van der Waals surface area contributed by atoms with Crippen molar-refractivity contribution in [2.75, 3.05) is 11.4 Å². The Bertz CT molecular complexity index is 764. The summed E-state index contributed by atoms with van der Waals surface area (Å²) in [5.74, 6) is -1.47. The van der Waals surface area contributed by atoms with Gasteiger partial charge < -0.3 is 4.74 Å². The molecular formula is C15H14FNO4S. The third-order valence-corrected chi connectivity index (χ3v) is 3.78. The molecule has 0 aliphatic carbocycles. The Kier molecular flexibility index (Phi) is 4.77. The molecule has 0 atom stereocenters. The van der Waals surface area contributed by atoms with Crippen LogP contribution in [0.15, 0.2) is 42.5 Å². The third kappa shape index (κ3) is 3.43. The lowest BCUT2D eigenvalue weighted by molar-refractivity contribution is 0.0600. The van der Waals surface area contributed by atoms with Crippen molar-refractivity contribution in [3.8, 4) is 0 Å². The highest BCUT2D eigenvalue weighted by atomic mass is 32.2. The van der Waals surface area contributed by atoms with Crippen LogP contribution in [0.25, 0.3) is 0 Å². The van der Waals surface area contributed by atoms with Crippen molar-refractivity contribution in [2.45, 2.75) is 6.92 Å². The van der Waals surface area contributed by atoms with E-state index < -0.39 is 22.7 Å². The van der Waals surface area contributed by atoms with Crippen molar-refractivity contribution in [2.24, 2.45) is 0 Å². The van der Waals surface area contributed by atoms with Gasteiger partial charge in [-0.1, -0.05) is 17.7 Å². The molecule has 116 valence electrons. The molecule has 2 aromatic rings. The van der Waals surface area contributed by atoms with Gasteiger partial charge in [0.1, 0.15) is 5.82 Å². The van der Waals surface area contributed by atoms with Gasteiger partial charge in [0.25, 0.3) is 0 Å². The highest BCUT2D eigenvalue weighted by Crippen LogP contribution is 2.27. The Morgan fingerprint density at radius 2 is 1.73 bits per heavy atom. The SMILES string of the molecule is COC(=O)c1cc(F)cc(N(c2ccc(C)cc2)[SH](=O)=O)c1. The van der Waals surface area contributed by atoms with Crippen LogP contribution in [0, 0.1) is 12.7 Å². The third-order valence-electron chi connectivity index (χ3n) is 2.99. The molecule has 0 saturated carbocycles. The van der Waals surface area contributed by atoms with E-state index in [1.165, 1.54) is 13.2 Å². The maximum atomic E-state index is 13.7. The number of aryl methyl sites for hydroxylation is 1. The van der Waals surface area contributed by atoms with Gasteiger partial charge in [-0.2, -0.15) is 0 Å². The van der Waals surface area contributed by atoms with Crippen LogP contribution >= 0.6 is 0 Å². The maximum absolute atomic E-state index is 13.7. The molecule has 0 aliphatic rings. The van der Waals surface area contributed by atoms with E-state index in [1.54, 1.807) is 24.3 Å². The fourth-order valence-corrected chi connectivity index (χ4v) is 2.58. The molecule has 0 N–H and O–H groups in total. The van der Waals surface area contributed by atoms with Gasteiger partial charge in [-0.15, -0.1) is 0 Å². The number of hydrogen-bond acceptors (Lipinski definition) is 4. The zero-order chi connectivity index (χ0) is 16.3. The molecule has 0 radical (unpaired) electrons. The highest BCUT2D eigenvalue weighted by Gasteiger charge is 2.16. The van der Waals surface area contributed by atoms with Crippen molar-refractivity contribution >= 4 is 28.2 Å². The first-order valence-electron chi connectivity index (χ1n) is 6.32. The fourth-order valence-electron chi connectivity index (χ4n) is 1.96. The van der Waals surface area contributed by atoms with Gasteiger partial charge in [0.2, 0.25) is 10.9 Å². The summed E-state index contributed by atoms with van der Waals surface area (Å²) >= 11 is 0. The quantitative estimate of drug-likeness (QED) is 0.694. The van der Waals surface area contributed by atoms with E-state index in [2.05, 4.69) is 4.74 Å². The van der Waals surface area contributed by atoms with Crippen LogP contribution in [-0.4, -0.2) is 21.5 Å². The first-order chi connectivity index (χ1) is 10.4. The monoisotopic (exact) mass is 323 g/mol. The second-order valence-corrected chi connectivity index (χ2v) is 5.45. The minimum Gasteiger partial charge on any atom is -0.465 e. The molecule has 0 amide bonds. The van der Waals surface area contributed by atoms with Gasteiger partial charge in [0, 0.05) is 0 Å². The zero-order valence-corrected chi connectivity index (χ0v) is 12.8. The van der Waals surface area contributed by atoms with Crippen LogP contribution in [0.5, 0.6) is 0 Å². The highest BCUT2D eigenvalue weighted by molar-refractivity contribution is 7.74. The minimum absolute atomic E-state index is 0.0281. The Balaban J connectivity index is 2.56. The number of halogens is 1. The molecule has 7 heteroatoms. The van der Waals surface area contributed by atoms with Gasteiger partial charge in [-0.3, -0.25) is 0 Å². The van der Waals surface area contributed by atoms with Crippen molar-refractivity contribution in [3.63, 3.8) is 0 Å². The van der Waals surface area contributed by atoms with Crippen LogP contribution in [0.3, 0.4) is 0 Å². The summed E-state index contributed by atoms with van der Waals surface area (Å²) in [5, 5.41) is 0. The van der Waals surface area contributed by atoms with Crippen LogP contribution < -0.4 is 4.31 Å². The molecule has 2 rings (SSSR count). The van der Waals surface area contributed by atoms with E-state index in [0.717, 1.165) is 22.0 Å². The molecule has 0 aromatic heterocycles. The molecule has 0 heterocycles. The van der Waals surface area contributed by atoms with Crippen molar-refractivity contribution in [3.05, 3.63) is 59.4 Å². The van der Waals surface area contributed by atoms with E-state index in [-0.39, 0.29) is 11.3 Å². The molecule has 2 aromatic carbocycles. The van der Waals surface area contributed by atoms with Crippen molar-refractivity contribution < 1.29 is 22.3 Å². The van der Waals surface area contributed by atoms with E-state index in [9.17, 15) is 17.6 Å². The number of rotatable bonds is 4. The lowest BCUT2D eigenvalue weighted by Crippen LogP contribution is -2.15. The van der Waals surface area contributed by atoms with Gasteiger partial charge in [0.05, 0.1) is 24.0 Å². The number of ether oxygens (including phenoxy) is 1. The number of benzene rings is 2. The summed E-state index contributed by atoms with van der Waals surface area (Å²) < 4.78 is 42.3. The Morgan fingerprint density at radius 1 is 1.09 bits per heavy atom. The number of esters is 1. The number of hydrogen-bond donors (Lipinski definition) is 1. The number of anilines is 2. The second-order valence-electron chi connectivity index (χ2n) is 4.57. The van der Waals surface area contributed by atoms with Crippen LogP contribution in [0.4, 0.5) is 15.8 Å². The van der Waals surface area contributed by atoms with E-state index in [1.807, 2.05) is 6.92 Å². The van der Waals surface area contributed by atoms with E-state index >= 15 is 0 Å². The van der Waals surface area contributed by atoms with Gasteiger partial charge in [0.15, 0.2) is 0 Å². The summed E-state index contributed by atoms with van der Waals surface area (Å²) in [6.07, 6.45) is 0. The fraction of sp³-hybridized carbons (Fsp3) is 0.133. The summed E-state index contributed by atoms with van der Waals surface area (Å²) in [7, 11) is -1.89. The normalized spacial score (nSPS) is 10.5. The topological polar surface area (TPSA) is 63.7 Å². The van der Waals surface area contributed by atoms with Crippen molar-refractivity contribution in [1.82, 2.24) is 0 Å². The Hall–Kier alpha value is -2.41. The lowest BCUT2D eigenvalue weighted by atomic mass is 10.1. The van der Waals surface area contributed by atoms with Crippen LogP contribution in [0.1, 0.15) is 15.9 Å². The molecular weight excluding hydrogens is 309 g/mol. The van der Waals surface area contributed by atoms with E-state index in [4.69, 9.17) is 0 Å². The smallest absolute Gasteiger partial charge is 0.338 e. The average Bonchev–Trinajstić information content (AvgIpc) is 2.47. The summed E-state index contributed by atoms with van der Waals surface area (Å²) in [4.78, 5) is 11.5. The summed E-state index contributed by atoms with van der Waals surface area (Å²) in [5.41, 5.74) is 1.27. The van der Waals surface area contributed by atoms with Crippen molar-refractivity contribution in [1.29, 1.82) is 0 Å². The van der Waals surface area contributed by atoms with Gasteiger partial charge in [-0.05, 0) is 37.3 Å². The van der Waals surface area contributed by atoms with Gasteiger partial charge >= 0.3 is 5.97 Å². The second kappa shape index (κ2) is 6.57. The van der Waals surface area contributed by atoms with E-state index in [0.29, 0.717) is 5.69 Å². The largest absolute Gasteiger partial charge is 0.465 e. The molecule has 0 bridgehead atoms.